The first-order valence-electron chi connectivity index (χ1n) is 14.3. The maximum Gasteiger partial charge on any atom is 0.419 e. The summed E-state index contributed by atoms with van der Waals surface area (Å²) < 4.78 is 45.9. The first-order chi connectivity index (χ1) is 20.2. The van der Waals surface area contributed by atoms with Crippen molar-refractivity contribution in [3.63, 3.8) is 0 Å². The molecule has 2 atom stereocenters. The van der Waals surface area contributed by atoms with Crippen LogP contribution in [0.3, 0.4) is 0 Å². The first kappa shape index (κ1) is 31.4. The Kier molecular flexibility index (Phi) is 8.66. The standard InChI is InChI=1S/C31H34Cl2F3N3O4/c1-30(10-11-30)29(42)38-12-8-18(9-13-38)28(41)39-16-21(19-4-6-23(32)24(33)15-19)25(17-39)37(2)27(40)20-5-7-26(43-3)22(14-20)31(34,35)36/h4-7,14-15,18,21,25H,8-13,16-17H2,1-3H3/t21-,25-/m1/s1. The van der Waals surface area contributed by atoms with E-state index in [-0.39, 0.29) is 46.9 Å². The lowest BCUT2D eigenvalue weighted by atomic mass is 9.92. The van der Waals surface area contributed by atoms with Gasteiger partial charge in [-0.05, 0) is 61.6 Å². The number of ether oxygens (including phenoxy) is 1. The van der Waals surface area contributed by atoms with E-state index in [4.69, 9.17) is 27.9 Å². The van der Waals surface area contributed by atoms with E-state index in [9.17, 15) is 27.6 Å². The monoisotopic (exact) mass is 639 g/mol. The van der Waals surface area contributed by atoms with Gasteiger partial charge in [-0.15, -0.1) is 0 Å². The molecule has 3 amide bonds. The smallest absolute Gasteiger partial charge is 0.419 e. The van der Waals surface area contributed by atoms with E-state index in [0.29, 0.717) is 42.5 Å². The normalized spacial score (nSPS) is 22.0. The van der Waals surface area contributed by atoms with E-state index in [1.54, 1.807) is 23.1 Å². The minimum atomic E-state index is -4.71. The van der Waals surface area contributed by atoms with Gasteiger partial charge in [0.1, 0.15) is 5.75 Å². The van der Waals surface area contributed by atoms with Gasteiger partial charge in [0.2, 0.25) is 11.8 Å². The summed E-state index contributed by atoms with van der Waals surface area (Å²) in [5, 5.41) is 0.680. The minimum absolute atomic E-state index is 0.0538. The van der Waals surface area contributed by atoms with Gasteiger partial charge in [-0.3, -0.25) is 14.4 Å². The van der Waals surface area contributed by atoms with Gasteiger partial charge < -0.3 is 19.4 Å². The molecule has 0 unspecified atom stereocenters. The molecule has 2 aromatic carbocycles. The van der Waals surface area contributed by atoms with Crippen LogP contribution in [0.5, 0.6) is 5.75 Å². The number of carbonyl (C=O) groups excluding carboxylic acids is 3. The Bertz CT molecular complexity index is 1420. The zero-order valence-electron chi connectivity index (χ0n) is 24.2. The molecule has 0 aromatic heterocycles. The van der Waals surface area contributed by atoms with Crippen LogP contribution >= 0.6 is 23.2 Å². The van der Waals surface area contributed by atoms with Crippen LogP contribution in [0.4, 0.5) is 13.2 Å². The fraction of sp³-hybridized carbons (Fsp3) is 0.516. The fourth-order valence-electron chi connectivity index (χ4n) is 6.22. The van der Waals surface area contributed by atoms with E-state index in [1.807, 2.05) is 11.8 Å². The van der Waals surface area contributed by atoms with Gasteiger partial charge >= 0.3 is 6.18 Å². The third-order valence-electron chi connectivity index (χ3n) is 9.19. The summed E-state index contributed by atoms with van der Waals surface area (Å²) in [4.78, 5) is 45.1. The van der Waals surface area contributed by atoms with E-state index >= 15 is 0 Å². The van der Waals surface area contributed by atoms with Crippen LogP contribution < -0.4 is 4.74 Å². The van der Waals surface area contributed by atoms with E-state index < -0.39 is 23.7 Å². The lowest BCUT2D eigenvalue weighted by Gasteiger charge is -2.34. The number of amides is 3. The highest BCUT2D eigenvalue weighted by Gasteiger charge is 2.48. The highest BCUT2D eigenvalue weighted by molar-refractivity contribution is 6.42. The molecule has 0 bridgehead atoms. The molecule has 43 heavy (non-hydrogen) atoms. The van der Waals surface area contributed by atoms with Gasteiger partial charge in [0.15, 0.2) is 0 Å². The molecule has 3 fully saturated rings. The summed E-state index contributed by atoms with van der Waals surface area (Å²) >= 11 is 12.5. The second kappa shape index (κ2) is 11.8. The van der Waals surface area contributed by atoms with E-state index in [0.717, 1.165) is 37.6 Å². The minimum Gasteiger partial charge on any atom is -0.496 e. The molecule has 2 heterocycles. The second-order valence-corrected chi connectivity index (χ2v) is 12.9. The van der Waals surface area contributed by atoms with Gasteiger partial charge in [0.25, 0.3) is 5.91 Å². The topological polar surface area (TPSA) is 70.2 Å². The summed E-state index contributed by atoms with van der Waals surface area (Å²) in [7, 11) is 2.67. The van der Waals surface area contributed by atoms with Crippen molar-refractivity contribution in [2.24, 2.45) is 11.3 Å². The summed E-state index contributed by atoms with van der Waals surface area (Å²) in [5.41, 5.74) is -0.680. The fourth-order valence-corrected chi connectivity index (χ4v) is 6.52. The number of likely N-dealkylation sites (tertiary alicyclic amines) is 2. The number of piperidine rings is 1. The number of methoxy groups -OCH3 is 1. The van der Waals surface area contributed by atoms with Crippen molar-refractivity contribution in [1.82, 2.24) is 14.7 Å². The summed E-state index contributed by atoms with van der Waals surface area (Å²) in [6.07, 6.45) is -1.80. The molecular weight excluding hydrogens is 606 g/mol. The Labute approximate surface area is 258 Å². The number of hydrogen-bond donors (Lipinski definition) is 0. The van der Waals surface area contributed by atoms with Gasteiger partial charge in [0, 0.05) is 56.0 Å². The Balaban J connectivity index is 1.37. The Hall–Kier alpha value is -2.98. The van der Waals surface area contributed by atoms with Gasteiger partial charge in [-0.1, -0.05) is 36.2 Å². The maximum absolute atomic E-state index is 13.8. The van der Waals surface area contributed by atoms with Crippen LogP contribution in [0.25, 0.3) is 0 Å². The lowest BCUT2D eigenvalue weighted by molar-refractivity contribution is -0.142. The number of halogens is 5. The maximum atomic E-state index is 13.8. The summed E-state index contributed by atoms with van der Waals surface area (Å²) in [6.45, 7) is 3.53. The number of benzene rings is 2. The van der Waals surface area contributed by atoms with Crippen molar-refractivity contribution in [2.45, 2.75) is 50.7 Å². The van der Waals surface area contributed by atoms with Crippen molar-refractivity contribution in [1.29, 1.82) is 0 Å². The van der Waals surface area contributed by atoms with Crippen LogP contribution in [0.15, 0.2) is 36.4 Å². The quantitative estimate of drug-likeness (QED) is 0.382. The average Bonchev–Trinajstić information content (AvgIpc) is 3.59. The van der Waals surface area contributed by atoms with Crippen molar-refractivity contribution in [3.05, 3.63) is 63.1 Å². The van der Waals surface area contributed by atoms with Crippen LogP contribution in [0.2, 0.25) is 10.0 Å². The predicted molar refractivity (Wildman–Crippen MR) is 156 cm³/mol. The molecule has 1 aliphatic carbocycles. The first-order valence-corrected chi connectivity index (χ1v) is 15.0. The number of alkyl halides is 3. The van der Waals surface area contributed by atoms with Crippen LogP contribution in [-0.4, -0.2) is 78.8 Å². The molecule has 2 saturated heterocycles. The Morgan fingerprint density at radius 3 is 2.23 bits per heavy atom. The molecule has 2 aliphatic heterocycles. The molecule has 232 valence electrons. The third-order valence-corrected chi connectivity index (χ3v) is 9.93. The third kappa shape index (κ3) is 6.32. The van der Waals surface area contributed by atoms with Crippen molar-refractivity contribution in [3.8, 4) is 5.75 Å². The SMILES string of the molecule is COc1ccc(C(=O)N(C)[C@@H]2CN(C(=O)C3CCN(C(=O)C4(C)CC4)CC3)C[C@@H]2c2ccc(Cl)c(Cl)c2)cc1C(F)(F)F. The molecule has 5 rings (SSSR count). The van der Waals surface area contributed by atoms with E-state index in [2.05, 4.69) is 0 Å². The number of nitrogens with zero attached hydrogens (tertiary/aromatic N) is 3. The number of likely N-dealkylation sites (N-methyl/N-ethyl adjacent to an activating group) is 1. The zero-order chi connectivity index (χ0) is 31.3. The molecule has 3 aliphatic rings. The highest BCUT2D eigenvalue weighted by Crippen LogP contribution is 2.47. The van der Waals surface area contributed by atoms with Gasteiger partial charge in [-0.25, -0.2) is 0 Å². The number of hydrogen-bond acceptors (Lipinski definition) is 4. The van der Waals surface area contributed by atoms with Crippen LogP contribution in [0.1, 0.15) is 60.0 Å². The highest BCUT2D eigenvalue weighted by atomic mass is 35.5. The molecule has 0 radical (unpaired) electrons. The van der Waals surface area contributed by atoms with E-state index in [1.165, 1.54) is 18.0 Å². The summed E-state index contributed by atoms with van der Waals surface area (Å²) in [6, 6.07) is 7.82. The zero-order valence-corrected chi connectivity index (χ0v) is 25.7. The van der Waals surface area contributed by atoms with Gasteiger partial charge in [-0.2, -0.15) is 13.2 Å². The largest absolute Gasteiger partial charge is 0.496 e. The van der Waals surface area contributed by atoms with Crippen LogP contribution in [0, 0.1) is 11.3 Å². The average molecular weight is 641 g/mol. The molecule has 1 saturated carbocycles. The predicted octanol–water partition coefficient (Wildman–Crippen LogP) is 6.13. The van der Waals surface area contributed by atoms with Gasteiger partial charge in [0.05, 0.1) is 28.8 Å². The Morgan fingerprint density at radius 2 is 1.65 bits per heavy atom. The summed E-state index contributed by atoms with van der Waals surface area (Å²) in [5.74, 6) is -1.51. The molecule has 0 spiro atoms. The molecule has 0 N–H and O–H groups in total. The van der Waals surface area contributed by atoms with Crippen LogP contribution in [-0.2, 0) is 15.8 Å². The molecule has 12 heteroatoms. The molecule has 7 nitrogen and oxygen atoms in total. The van der Waals surface area contributed by atoms with Crippen molar-refractivity contribution >= 4 is 40.9 Å². The molecule has 2 aromatic rings. The molecular formula is C31H34Cl2F3N3O4. The van der Waals surface area contributed by atoms with Crippen molar-refractivity contribution < 1.29 is 32.3 Å². The number of rotatable bonds is 6. The van der Waals surface area contributed by atoms with Crippen molar-refractivity contribution in [2.75, 3.05) is 40.3 Å². The number of carbonyl (C=O) groups is 3. The lowest BCUT2D eigenvalue weighted by Crippen LogP contribution is -2.46. The second-order valence-electron chi connectivity index (χ2n) is 12.0. The Morgan fingerprint density at radius 1 is 0.977 bits per heavy atom.